The maximum absolute atomic E-state index is 13.1. The van der Waals surface area contributed by atoms with Crippen molar-refractivity contribution in [2.24, 2.45) is 28.3 Å². The Morgan fingerprint density at radius 1 is 1.07 bits per heavy atom. The topological polar surface area (TPSA) is 61.7 Å². The molecule has 2 N–H and O–H groups in total. The van der Waals surface area contributed by atoms with E-state index in [1.165, 1.54) is 44.2 Å². The van der Waals surface area contributed by atoms with E-state index in [1.807, 2.05) is 26.0 Å². The zero-order valence-corrected chi connectivity index (χ0v) is 19.3. The lowest BCUT2D eigenvalue weighted by molar-refractivity contribution is -0.0134. The maximum atomic E-state index is 13.1. The van der Waals surface area contributed by atoms with Crippen molar-refractivity contribution < 1.29 is 9.90 Å². The molecule has 164 valence electrons. The monoisotopic (exact) mass is 410 g/mol. The lowest BCUT2D eigenvalue weighted by Crippen LogP contribution is -2.50. The first-order chi connectivity index (χ1) is 14.2. The van der Waals surface area contributed by atoms with Crippen LogP contribution in [0.3, 0.4) is 0 Å². The van der Waals surface area contributed by atoms with Gasteiger partial charge in [-0.1, -0.05) is 40.7 Å². The summed E-state index contributed by atoms with van der Waals surface area (Å²) in [6.45, 7) is 10.5. The van der Waals surface area contributed by atoms with Gasteiger partial charge in [-0.05, 0) is 91.7 Å². The maximum Gasteiger partial charge on any atom is 0.275 e. The number of rotatable bonds is 6. The lowest BCUT2D eigenvalue weighted by Gasteiger charge is -2.57. The number of nitrogens with zero attached hydrogens (tertiary/aromatic N) is 1. The highest BCUT2D eigenvalue weighted by Crippen LogP contribution is 2.60. The molecule has 4 fully saturated rings. The van der Waals surface area contributed by atoms with Crippen LogP contribution in [0.2, 0.25) is 0 Å². The Bertz CT molecular complexity index is 818. The molecule has 30 heavy (non-hydrogen) atoms. The van der Waals surface area contributed by atoms with Gasteiger partial charge in [0, 0.05) is 11.1 Å². The van der Waals surface area contributed by atoms with Crippen molar-refractivity contribution in [2.75, 3.05) is 0 Å². The number of carbonyl (C=O) groups is 1. The number of aromatic hydroxyl groups is 1. The van der Waals surface area contributed by atoms with Crippen LogP contribution in [0.5, 0.6) is 5.75 Å². The van der Waals surface area contributed by atoms with Crippen molar-refractivity contribution >= 4 is 11.6 Å². The van der Waals surface area contributed by atoms with E-state index in [1.54, 1.807) is 0 Å². The minimum atomic E-state index is -0.299. The number of phenolic OH excluding ortho intramolecular Hbond substituents is 1. The van der Waals surface area contributed by atoms with Gasteiger partial charge in [0.2, 0.25) is 0 Å². The summed E-state index contributed by atoms with van der Waals surface area (Å²) in [5, 5.41) is 15.5. The highest BCUT2D eigenvalue weighted by Gasteiger charge is 2.52. The van der Waals surface area contributed by atoms with Crippen LogP contribution in [-0.2, 0) is 0 Å². The molecule has 0 heterocycles. The van der Waals surface area contributed by atoms with Crippen molar-refractivity contribution in [3.63, 3.8) is 0 Å². The highest BCUT2D eigenvalue weighted by atomic mass is 16.3. The normalized spacial score (nSPS) is 30.4. The number of benzene rings is 1. The second kappa shape index (κ2) is 8.01. The molecule has 0 radical (unpaired) electrons. The first kappa shape index (κ1) is 21.4. The number of hydrogen-bond donors (Lipinski definition) is 2. The zero-order valence-electron chi connectivity index (χ0n) is 19.3. The fraction of sp³-hybridized carbons (Fsp3) is 0.692. The third-order valence-electron chi connectivity index (χ3n) is 7.97. The third kappa shape index (κ3) is 3.78. The van der Waals surface area contributed by atoms with E-state index in [0.29, 0.717) is 5.56 Å². The molecule has 4 aliphatic rings. The fourth-order valence-electron chi connectivity index (χ4n) is 6.84. The molecule has 5 rings (SSSR count). The summed E-state index contributed by atoms with van der Waals surface area (Å²) in [7, 11) is 0. The Kier molecular flexibility index (Phi) is 5.71. The van der Waals surface area contributed by atoms with Gasteiger partial charge in [0.1, 0.15) is 5.75 Å². The zero-order chi connectivity index (χ0) is 21.6. The molecule has 4 bridgehead atoms. The first-order valence-electron chi connectivity index (χ1n) is 12.0. The molecule has 0 aliphatic heterocycles. The molecule has 1 aromatic rings. The summed E-state index contributed by atoms with van der Waals surface area (Å²) in [6, 6.07) is 3.85. The third-order valence-corrected chi connectivity index (χ3v) is 7.97. The minimum Gasteiger partial charge on any atom is -0.507 e. The van der Waals surface area contributed by atoms with Gasteiger partial charge in [-0.3, -0.25) is 4.79 Å². The average Bonchev–Trinajstić information content (AvgIpc) is 2.66. The Morgan fingerprint density at radius 3 is 2.10 bits per heavy atom. The number of phenols is 1. The Balaban J connectivity index is 1.60. The van der Waals surface area contributed by atoms with Crippen LogP contribution in [-0.4, -0.2) is 16.7 Å². The minimum absolute atomic E-state index is 0.0925. The molecular formula is C26H38N2O2. The largest absolute Gasteiger partial charge is 0.507 e. The van der Waals surface area contributed by atoms with Gasteiger partial charge in [0.15, 0.2) is 0 Å². The number of nitrogens with one attached hydrogen (secondary N) is 1. The molecule has 0 unspecified atom stereocenters. The molecule has 4 saturated carbocycles. The predicted molar refractivity (Wildman–Crippen MR) is 122 cm³/mol. The van der Waals surface area contributed by atoms with E-state index in [0.717, 1.165) is 35.3 Å². The predicted octanol–water partition coefficient (Wildman–Crippen LogP) is 6.35. The van der Waals surface area contributed by atoms with E-state index < -0.39 is 0 Å². The summed E-state index contributed by atoms with van der Waals surface area (Å²) in [4.78, 5) is 13.1. The Labute approximate surface area is 181 Å². The molecule has 4 heteroatoms. The number of carbonyl (C=O) groups excluding carboxylic acids is 1. The van der Waals surface area contributed by atoms with Gasteiger partial charge in [0.25, 0.3) is 5.91 Å². The van der Waals surface area contributed by atoms with E-state index in [9.17, 15) is 9.90 Å². The number of amides is 1. The van der Waals surface area contributed by atoms with E-state index in [-0.39, 0.29) is 28.9 Å². The highest BCUT2D eigenvalue weighted by molar-refractivity contribution is 5.99. The standard InChI is InChI=1S/C26H38N2O2/c1-6-23(26-12-17-7-18(13-26)9-19(8-17)14-26)27-28-25(30)22-11-20(15(2)3)10-21(16(4)5)24(22)29/h10-11,15-19,29H,6-9,12-14H2,1-5H3,(H,28,30)/b27-23+. The number of hydrazone groups is 1. The molecule has 4 nitrogen and oxygen atoms in total. The van der Waals surface area contributed by atoms with E-state index >= 15 is 0 Å². The van der Waals surface area contributed by atoms with Gasteiger partial charge < -0.3 is 5.11 Å². The SMILES string of the molecule is CC/C(=N\NC(=O)c1cc(C(C)C)cc(C(C)C)c1O)C12CC3CC(CC(C3)C1)C2. The van der Waals surface area contributed by atoms with Crippen molar-refractivity contribution in [1.82, 2.24) is 5.43 Å². The Hall–Kier alpha value is -1.84. The van der Waals surface area contributed by atoms with Gasteiger partial charge >= 0.3 is 0 Å². The summed E-state index contributed by atoms with van der Waals surface area (Å²) >= 11 is 0. The van der Waals surface area contributed by atoms with Crippen LogP contribution in [0.15, 0.2) is 17.2 Å². The summed E-state index contributed by atoms with van der Waals surface area (Å²) in [5.74, 6) is 2.79. The smallest absolute Gasteiger partial charge is 0.275 e. The molecule has 1 amide bonds. The van der Waals surface area contributed by atoms with Crippen molar-refractivity contribution in [2.45, 2.75) is 91.4 Å². The van der Waals surface area contributed by atoms with E-state index in [4.69, 9.17) is 5.10 Å². The quantitative estimate of drug-likeness (QED) is 0.424. The average molecular weight is 411 g/mol. The van der Waals surface area contributed by atoms with Crippen LogP contribution in [0.4, 0.5) is 0 Å². The first-order valence-corrected chi connectivity index (χ1v) is 12.0. The second-order valence-electron chi connectivity index (χ2n) is 10.9. The van der Waals surface area contributed by atoms with Crippen LogP contribution in [0.1, 0.15) is 113 Å². The van der Waals surface area contributed by atoms with Gasteiger partial charge in [-0.25, -0.2) is 5.43 Å². The molecule has 0 spiro atoms. The van der Waals surface area contributed by atoms with E-state index in [2.05, 4.69) is 26.2 Å². The van der Waals surface area contributed by atoms with Gasteiger partial charge in [-0.2, -0.15) is 5.10 Å². The van der Waals surface area contributed by atoms with Gasteiger partial charge in [0.05, 0.1) is 5.56 Å². The summed E-state index contributed by atoms with van der Waals surface area (Å²) in [6.07, 6.45) is 8.80. The van der Waals surface area contributed by atoms with Crippen LogP contribution in [0.25, 0.3) is 0 Å². The van der Waals surface area contributed by atoms with Crippen LogP contribution in [0, 0.1) is 23.2 Å². The van der Waals surface area contributed by atoms with Crippen LogP contribution < -0.4 is 5.43 Å². The second-order valence-corrected chi connectivity index (χ2v) is 10.9. The van der Waals surface area contributed by atoms with Crippen molar-refractivity contribution in [3.05, 3.63) is 28.8 Å². The summed E-state index contributed by atoms with van der Waals surface area (Å²) in [5.41, 5.74) is 6.44. The van der Waals surface area contributed by atoms with Crippen molar-refractivity contribution in [3.8, 4) is 5.75 Å². The Morgan fingerprint density at radius 2 is 1.63 bits per heavy atom. The van der Waals surface area contributed by atoms with Gasteiger partial charge in [-0.15, -0.1) is 0 Å². The molecule has 4 aliphatic carbocycles. The van der Waals surface area contributed by atoms with Crippen LogP contribution >= 0.6 is 0 Å². The molecular weight excluding hydrogens is 372 g/mol. The fourth-order valence-corrected chi connectivity index (χ4v) is 6.84. The van der Waals surface area contributed by atoms with Crippen molar-refractivity contribution in [1.29, 1.82) is 0 Å². The lowest BCUT2D eigenvalue weighted by atomic mass is 9.48. The molecule has 0 saturated heterocycles. The molecule has 0 atom stereocenters. The molecule has 1 aromatic carbocycles. The molecule has 0 aromatic heterocycles. The number of hydrogen-bond acceptors (Lipinski definition) is 3. The summed E-state index contributed by atoms with van der Waals surface area (Å²) < 4.78 is 0.